The van der Waals surface area contributed by atoms with E-state index < -0.39 is 0 Å². The van der Waals surface area contributed by atoms with Crippen molar-refractivity contribution in [1.82, 2.24) is 0 Å². The molecule has 0 aromatic heterocycles. The van der Waals surface area contributed by atoms with Gasteiger partial charge < -0.3 is 0 Å². The first-order chi connectivity index (χ1) is 9.35. The molecule has 1 saturated carbocycles. The molecule has 1 aliphatic heterocycles. The Hall–Kier alpha value is -0.791. The molecule has 1 heterocycles. The van der Waals surface area contributed by atoms with E-state index in [2.05, 4.69) is 29.0 Å². The molecule has 3 heteroatoms. The zero-order valence-electron chi connectivity index (χ0n) is 11.6. The fraction of sp³-hybridized carbons (Fsp3) is 0.562. The van der Waals surface area contributed by atoms with Crippen LogP contribution in [0.3, 0.4) is 0 Å². The van der Waals surface area contributed by atoms with Gasteiger partial charge in [-0.15, -0.1) is 0 Å². The topological polar surface area (TPSA) is 12.2 Å². The third kappa shape index (κ3) is 3.21. The average Bonchev–Trinajstić information content (AvgIpc) is 2.47. The number of benzene rings is 1. The maximum absolute atomic E-state index is 5.33. The van der Waals surface area contributed by atoms with Crippen LogP contribution in [0.15, 0.2) is 18.2 Å². The molecule has 0 unspecified atom stereocenters. The molecule has 0 spiro atoms. The van der Waals surface area contributed by atoms with Gasteiger partial charge >= 0.3 is 122 Å². The SMILES string of the molecule is COc1ccc2c(c1)C=[N+](CC1CCCCC1)C[Se]2. The minimum absolute atomic E-state index is 0.588. The molecule has 0 saturated heterocycles. The van der Waals surface area contributed by atoms with Crippen LogP contribution in [0.1, 0.15) is 37.7 Å². The fourth-order valence-corrected chi connectivity index (χ4v) is 5.02. The van der Waals surface area contributed by atoms with Crippen molar-refractivity contribution in [2.75, 3.05) is 19.1 Å². The first kappa shape index (κ1) is 13.2. The number of rotatable bonds is 3. The molecule has 0 atom stereocenters. The van der Waals surface area contributed by atoms with Crippen molar-refractivity contribution < 1.29 is 9.31 Å². The molecule has 2 aliphatic rings. The summed E-state index contributed by atoms with van der Waals surface area (Å²) in [6.07, 6.45) is 9.55. The van der Waals surface area contributed by atoms with E-state index in [1.807, 2.05) is 0 Å². The van der Waals surface area contributed by atoms with Gasteiger partial charge in [0.1, 0.15) is 0 Å². The average molecular weight is 323 g/mol. The Kier molecular flexibility index (Phi) is 4.24. The van der Waals surface area contributed by atoms with Gasteiger partial charge in [0.2, 0.25) is 0 Å². The van der Waals surface area contributed by atoms with E-state index in [0.29, 0.717) is 15.0 Å². The molecule has 102 valence electrons. The minimum atomic E-state index is 0.588. The van der Waals surface area contributed by atoms with E-state index in [-0.39, 0.29) is 0 Å². The number of hydrogen-bond acceptors (Lipinski definition) is 1. The Morgan fingerprint density at radius 2 is 2.11 bits per heavy atom. The van der Waals surface area contributed by atoms with Crippen molar-refractivity contribution in [2.24, 2.45) is 5.92 Å². The summed E-state index contributed by atoms with van der Waals surface area (Å²) in [5, 5.41) is 0. The molecular weight excluding hydrogens is 301 g/mol. The predicted molar refractivity (Wildman–Crippen MR) is 80.1 cm³/mol. The van der Waals surface area contributed by atoms with Gasteiger partial charge in [0, 0.05) is 0 Å². The third-order valence-corrected chi connectivity index (χ3v) is 6.54. The van der Waals surface area contributed by atoms with Gasteiger partial charge in [-0.3, -0.25) is 0 Å². The number of hydrogen-bond donors (Lipinski definition) is 0. The summed E-state index contributed by atoms with van der Waals surface area (Å²) < 4.78 is 9.41. The van der Waals surface area contributed by atoms with E-state index >= 15 is 0 Å². The van der Waals surface area contributed by atoms with Crippen LogP contribution < -0.4 is 9.20 Å². The van der Waals surface area contributed by atoms with Crippen molar-refractivity contribution in [2.45, 2.75) is 32.1 Å². The number of methoxy groups -OCH3 is 1. The van der Waals surface area contributed by atoms with Crippen molar-refractivity contribution in [3.8, 4) is 5.75 Å². The fourth-order valence-electron chi connectivity index (χ4n) is 3.08. The van der Waals surface area contributed by atoms with Crippen molar-refractivity contribution >= 4 is 25.6 Å². The van der Waals surface area contributed by atoms with Crippen LogP contribution in [-0.2, 0) is 0 Å². The zero-order valence-corrected chi connectivity index (χ0v) is 13.3. The molecule has 3 rings (SSSR count). The molecule has 1 aromatic carbocycles. The van der Waals surface area contributed by atoms with Crippen LogP contribution in [0, 0.1) is 5.92 Å². The second-order valence-corrected chi connectivity index (χ2v) is 7.65. The van der Waals surface area contributed by atoms with E-state index in [1.54, 1.807) is 7.11 Å². The number of fused-ring (bicyclic) bond motifs is 1. The molecule has 1 aliphatic carbocycles. The van der Waals surface area contributed by atoms with Gasteiger partial charge in [-0.1, -0.05) is 0 Å². The zero-order chi connectivity index (χ0) is 13.1. The van der Waals surface area contributed by atoms with Gasteiger partial charge in [-0.25, -0.2) is 0 Å². The van der Waals surface area contributed by atoms with Crippen molar-refractivity contribution in [3.63, 3.8) is 0 Å². The Morgan fingerprint density at radius 1 is 1.26 bits per heavy atom. The van der Waals surface area contributed by atoms with E-state index in [4.69, 9.17) is 4.74 Å². The van der Waals surface area contributed by atoms with Crippen LogP contribution in [0.4, 0.5) is 0 Å². The summed E-state index contributed by atoms with van der Waals surface area (Å²) in [7, 11) is 1.75. The van der Waals surface area contributed by atoms with Crippen LogP contribution in [-0.4, -0.2) is 44.8 Å². The van der Waals surface area contributed by atoms with Gasteiger partial charge in [0.15, 0.2) is 0 Å². The molecule has 1 aromatic rings. The molecule has 0 radical (unpaired) electrons. The number of ether oxygens (including phenoxy) is 1. The maximum atomic E-state index is 5.33. The summed E-state index contributed by atoms with van der Waals surface area (Å²) in [6, 6.07) is 6.51. The normalized spacial score (nSPS) is 19.7. The van der Waals surface area contributed by atoms with Gasteiger partial charge in [-0.2, -0.15) is 0 Å². The summed E-state index contributed by atoms with van der Waals surface area (Å²) in [5.41, 5.74) is 2.62. The molecule has 0 bridgehead atoms. The van der Waals surface area contributed by atoms with E-state index in [0.717, 1.165) is 11.7 Å². The van der Waals surface area contributed by atoms with Gasteiger partial charge in [-0.05, 0) is 0 Å². The van der Waals surface area contributed by atoms with Crippen LogP contribution in [0.5, 0.6) is 5.75 Å². The summed E-state index contributed by atoms with van der Waals surface area (Å²) in [5.74, 6) is 1.90. The summed E-state index contributed by atoms with van der Waals surface area (Å²) in [4.78, 5) is 0. The second kappa shape index (κ2) is 6.11. The quantitative estimate of drug-likeness (QED) is 0.612. The first-order valence-corrected chi connectivity index (χ1v) is 9.32. The van der Waals surface area contributed by atoms with E-state index in [1.165, 1.54) is 54.1 Å². The number of nitrogens with zero attached hydrogens (tertiary/aromatic N) is 1. The monoisotopic (exact) mass is 324 g/mol. The molecule has 0 amide bonds. The molecule has 1 fully saturated rings. The molecular formula is C16H22NOSe+. The Bertz CT molecular complexity index is 478. The van der Waals surface area contributed by atoms with Crippen LogP contribution >= 0.6 is 0 Å². The second-order valence-electron chi connectivity index (χ2n) is 5.58. The predicted octanol–water partition coefficient (Wildman–Crippen LogP) is 2.01. The standard InChI is InChI=1S/C16H22NOSe/c1-18-15-7-8-16-14(9-15)11-17(12-19-16)10-13-5-3-2-4-6-13/h7-9,11,13H,2-6,10,12H2,1H3/q+1. The van der Waals surface area contributed by atoms with Crippen molar-refractivity contribution in [1.29, 1.82) is 0 Å². The third-order valence-electron chi connectivity index (χ3n) is 4.14. The van der Waals surface area contributed by atoms with Crippen LogP contribution in [0.2, 0.25) is 0 Å². The summed E-state index contributed by atoms with van der Waals surface area (Å²) in [6.45, 7) is 1.26. The molecule has 2 nitrogen and oxygen atoms in total. The first-order valence-electron chi connectivity index (χ1n) is 7.25. The van der Waals surface area contributed by atoms with Gasteiger partial charge in [0.05, 0.1) is 0 Å². The Balaban J connectivity index is 1.74. The molecule has 19 heavy (non-hydrogen) atoms. The Labute approximate surface area is 122 Å². The Morgan fingerprint density at radius 3 is 2.89 bits per heavy atom. The van der Waals surface area contributed by atoms with Crippen LogP contribution in [0.25, 0.3) is 0 Å². The van der Waals surface area contributed by atoms with Crippen molar-refractivity contribution in [3.05, 3.63) is 23.8 Å². The molecule has 0 N–H and O–H groups in total. The summed E-state index contributed by atoms with van der Waals surface area (Å²) >= 11 is 0.588. The van der Waals surface area contributed by atoms with Gasteiger partial charge in [0.25, 0.3) is 0 Å². The van der Waals surface area contributed by atoms with E-state index in [9.17, 15) is 0 Å².